The van der Waals surface area contributed by atoms with Crippen LogP contribution in [0.15, 0.2) is 64.0 Å². The number of halogens is 1. The SMILES string of the molecule is CCOCCCNC(=O)CN(Cc1ccccc1)S(=O)(=O)c1ccc(Br)cc1. The lowest BCUT2D eigenvalue weighted by Gasteiger charge is -2.22. The minimum Gasteiger partial charge on any atom is -0.382 e. The molecule has 0 heterocycles. The lowest BCUT2D eigenvalue weighted by Crippen LogP contribution is -2.40. The van der Waals surface area contributed by atoms with Gasteiger partial charge in [-0.1, -0.05) is 46.3 Å². The first kappa shape index (κ1) is 22.5. The van der Waals surface area contributed by atoms with Crippen molar-refractivity contribution in [3.05, 3.63) is 64.6 Å². The molecule has 0 aliphatic heterocycles. The number of carbonyl (C=O) groups excluding carboxylic acids is 1. The molecular formula is C20H25BrN2O4S. The minimum atomic E-state index is -3.82. The second-order valence-corrected chi connectivity index (χ2v) is 8.97. The molecule has 0 unspecified atom stereocenters. The molecule has 0 radical (unpaired) electrons. The van der Waals surface area contributed by atoms with Gasteiger partial charge < -0.3 is 10.1 Å². The van der Waals surface area contributed by atoms with E-state index in [1.807, 2.05) is 37.3 Å². The van der Waals surface area contributed by atoms with Crippen molar-refractivity contribution in [2.45, 2.75) is 24.8 Å². The fraction of sp³-hybridized carbons (Fsp3) is 0.350. The highest BCUT2D eigenvalue weighted by atomic mass is 79.9. The normalized spacial score (nSPS) is 11.5. The zero-order valence-corrected chi connectivity index (χ0v) is 18.2. The van der Waals surface area contributed by atoms with Crippen LogP contribution in [-0.2, 0) is 26.1 Å². The van der Waals surface area contributed by atoms with Crippen molar-refractivity contribution in [3.63, 3.8) is 0 Å². The van der Waals surface area contributed by atoms with Gasteiger partial charge in [0.05, 0.1) is 11.4 Å². The molecule has 0 spiro atoms. The highest BCUT2D eigenvalue weighted by Gasteiger charge is 2.26. The topological polar surface area (TPSA) is 75.7 Å². The molecule has 28 heavy (non-hydrogen) atoms. The maximum Gasteiger partial charge on any atom is 0.243 e. The predicted molar refractivity (Wildman–Crippen MR) is 112 cm³/mol. The average molecular weight is 469 g/mol. The fourth-order valence-corrected chi connectivity index (χ4v) is 4.18. The van der Waals surface area contributed by atoms with Crippen LogP contribution in [0.3, 0.4) is 0 Å². The van der Waals surface area contributed by atoms with E-state index in [1.54, 1.807) is 12.1 Å². The number of benzene rings is 2. The zero-order chi connectivity index (χ0) is 20.4. The van der Waals surface area contributed by atoms with Crippen LogP contribution in [0.25, 0.3) is 0 Å². The van der Waals surface area contributed by atoms with Crippen LogP contribution in [0.1, 0.15) is 18.9 Å². The lowest BCUT2D eigenvalue weighted by atomic mass is 10.2. The number of rotatable bonds is 11. The molecule has 0 aliphatic rings. The first-order valence-electron chi connectivity index (χ1n) is 9.07. The minimum absolute atomic E-state index is 0.117. The predicted octanol–water partition coefficient (Wildman–Crippen LogP) is 3.18. The molecule has 0 saturated carbocycles. The summed E-state index contributed by atoms with van der Waals surface area (Å²) in [6, 6.07) is 15.6. The van der Waals surface area contributed by atoms with Crippen LogP contribution < -0.4 is 5.32 Å². The fourth-order valence-electron chi connectivity index (χ4n) is 2.53. The molecule has 0 atom stereocenters. The molecule has 2 aromatic rings. The third-order valence-corrected chi connectivity index (χ3v) is 6.30. The Balaban J connectivity index is 2.12. The van der Waals surface area contributed by atoms with Gasteiger partial charge in [-0.3, -0.25) is 4.79 Å². The summed E-state index contributed by atoms with van der Waals surface area (Å²) in [5.74, 6) is -0.340. The second kappa shape index (κ2) is 11.3. The van der Waals surface area contributed by atoms with Gasteiger partial charge >= 0.3 is 0 Å². The van der Waals surface area contributed by atoms with Crippen LogP contribution >= 0.6 is 15.9 Å². The molecule has 1 amide bonds. The summed E-state index contributed by atoms with van der Waals surface area (Å²) in [5.41, 5.74) is 0.812. The number of nitrogens with zero attached hydrogens (tertiary/aromatic N) is 1. The van der Waals surface area contributed by atoms with Gasteiger partial charge in [0.15, 0.2) is 0 Å². The molecule has 6 nitrogen and oxygen atoms in total. The molecule has 1 N–H and O–H groups in total. The van der Waals surface area contributed by atoms with Gasteiger partial charge in [-0.25, -0.2) is 8.42 Å². The van der Waals surface area contributed by atoms with Gasteiger partial charge in [-0.15, -0.1) is 0 Å². The van der Waals surface area contributed by atoms with Crippen molar-refractivity contribution in [1.29, 1.82) is 0 Å². The Labute approximate surface area is 175 Å². The summed E-state index contributed by atoms with van der Waals surface area (Å²) in [6.45, 7) is 3.41. The van der Waals surface area contributed by atoms with Crippen LogP contribution in [-0.4, -0.2) is 44.9 Å². The van der Waals surface area contributed by atoms with E-state index in [1.165, 1.54) is 16.4 Å². The highest BCUT2D eigenvalue weighted by molar-refractivity contribution is 9.10. The number of ether oxygens (including phenoxy) is 1. The molecule has 0 aromatic heterocycles. The largest absolute Gasteiger partial charge is 0.382 e. The van der Waals surface area contributed by atoms with Gasteiger partial charge in [-0.2, -0.15) is 4.31 Å². The van der Waals surface area contributed by atoms with Crippen LogP contribution in [0, 0.1) is 0 Å². The first-order chi connectivity index (χ1) is 13.4. The third kappa shape index (κ3) is 7.01. The third-order valence-electron chi connectivity index (χ3n) is 3.96. The molecular weight excluding hydrogens is 444 g/mol. The first-order valence-corrected chi connectivity index (χ1v) is 11.3. The molecule has 0 aliphatic carbocycles. The summed E-state index contributed by atoms with van der Waals surface area (Å²) in [5, 5.41) is 2.76. The van der Waals surface area contributed by atoms with E-state index in [4.69, 9.17) is 4.74 Å². The van der Waals surface area contributed by atoms with Crippen molar-refractivity contribution in [2.75, 3.05) is 26.3 Å². The summed E-state index contributed by atoms with van der Waals surface area (Å²) >= 11 is 3.31. The standard InChI is InChI=1S/C20H25BrN2O4S/c1-2-27-14-6-13-22-20(24)16-23(15-17-7-4-3-5-8-17)28(25,26)19-11-9-18(21)10-12-19/h3-5,7-12H,2,6,13-16H2,1H3,(H,22,24). The van der Waals surface area contributed by atoms with Gasteiger partial charge in [-0.05, 0) is 43.2 Å². The summed E-state index contributed by atoms with van der Waals surface area (Å²) in [6.07, 6.45) is 0.678. The van der Waals surface area contributed by atoms with E-state index < -0.39 is 10.0 Å². The van der Waals surface area contributed by atoms with Crippen LogP contribution in [0.5, 0.6) is 0 Å². The van der Waals surface area contributed by atoms with Gasteiger partial charge in [0.25, 0.3) is 0 Å². The summed E-state index contributed by atoms with van der Waals surface area (Å²) in [7, 11) is -3.82. The number of hydrogen-bond donors (Lipinski definition) is 1. The number of hydrogen-bond acceptors (Lipinski definition) is 4. The van der Waals surface area contributed by atoms with E-state index >= 15 is 0 Å². The van der Waals surface area contributed by atoms with Crippen molar-refractivity contribution in [1.82, 2.24) is 9.62 Å². The highest BCUT2D eigenvalue weighted by Crippen LogP contribution is 2.20. The molecule has 0 saturated heterocycles. The van der Waals surface area contributed by atoms with Crippen molar-refractivity contribution >= 4 is 31.9 Å². The molecule has 2 rings (SSSR count). The summed E-state index contributed by atoms with van der Waals surface area (Å²) in [4.78, 5) is 12.5. The maximum absolute atomic E-state index is 13.1. The Morgan fingerprint density at radius 3 is 2.43 bits per heavy atom. The number of carbonyl (C=O) groups is 1. The number of sulfonamides is 1. The van der Waals surface area contributed by atoms with E-state index in [0.717, 1.165) is 10.0 Å². The lowest BCUT2D eigenvalue weighted by molar-refractivity contribution is -0.121. The molecule has 0 fully saturated rings. The Morgan fingerprint density at radius 1 is 1.11 bits per heavy atom. The van der Waals surface area contributed by atoms with Crippen molar-refractivity contribution in [3.8, 4) is 0 Å². The zero-order valence-electron chi connectivity index (χ0n) is 15.8. The van der Waals surface area contributed by atoms with Crippen LogP contribution in [0.2, 0.25) is 0 Å². The monoisotopic (exact) mass is 468 g/mol. The Hall–Kier alpha value is -1.74. The Kier molecular flexibility index (Phi) is 9.11. The van der Waals surface area contributed by atoms with Gasteiger partial charge in [0.1, 0.15) is 0 Å². The van der Waals surface area contributed by atoms with Gasteiger partial charge in [0.2, 0.25) is 15.9 Å². The average Bonchev–Trinajstić information content (AvgIpc) is 2.68. The van der Waals surface area contributed by atoms with Gasteiger partial charge in [0, 0.05) is 30.8 Å². The van der Waals surface area contributed by atoms with E-state index in [0.29, 0.717) is 26.2 Å². The van der Waals surface area contributed by atoms with E-state index in [9.17, 15) is 13.2 Å². The van der Waals surface area contributed by atoms with E-state index in [-0.39, 0.29) is 23.9 Å². The maximum atomic E-state index is 13.1. The Bertz CT molecular complexity index is 842. The molecule has 0 bridgehead atoms. The Morgan fingerprint density at radius 2 is 1.79 bits per heavy atom. The van der Waals surface area contributed by atoms with Crippen molar-refractivity contribution in [2.24, 2.45) is 0 Å². The second-order valence-electron chi connectivity index (χ2n) is 6.11. The summed E-state index contributed by atoms with van der Waals surface area (Å²) < 4.78 is 33.4. The molecule has 8 heteroatoms. The number of amides is 1. The van der Waals surface area contributed by atoms with Crippen LogP contribution in [0.4, 0.5) is 0 Å². The smallest absolute Gasteiger partial charge is 0.243 e. The van der Waals surface area contributed by atoms with E-state index in [2.05, 4.69) is 21.2 Å². The number of nitrogens with one attached hydrogen (secondary N) is 1. The quantitative estimate of drug-likeness (QED) is 0.513. The molecule has 2 aromatic carbocycles. The van der Waals surface area contributed by atoms with Crippen molar-refractivity contribution < 1.29 is 17.9 Å². The molecule has 152 valence electrons.